The molecule has 1 atom stereocenters. The monoisotopic (exact) mass is 1090 g/mol. The maximum absolute atomic E-state index is 12.9. The van der Waals surface area contributed by atoms with E-state index in [-0.39, 0.29) is 37.5 Å². The molecule has 6 nitrogen and oxygen atoms in total. The molecule has 0 heterocycles. The Balaban J connectivity index is 4.43. The van der Waals surface area contributed by atoms with Crippen LogP contribution in [0.2, 0.25) is 0 Å². The summed E-state index contributed by atoms with van der Waals surface area (Å²) in [5.74, 6) is -0.964. The molecule has 0 amide bonds. The van der Waals surface area contributed by atoms with E-state index in [1.165, 1.54) is 109 Å². The van der Waals surface area contributed by atoms with Gasteiger partial charge in [-0.1, -0.05) is 270 Å². The average molecular weight is 1090 g/mol. The molecule has 0 saturated heterocycles. The van der Waals surface area contributed by atoms with Crippen LogP contribution in [0.15, 0.2) is 134 Å². The van der Waals surface area contributed by atoms with Crippen LogP contribution in [0.3, 0.4) is 0 Å². The van der Waals surface area contributed by atoms with Crippen molar-refractivity contribution in [3.05, 3.63) is 134 Å². The van der Waals surface area contributed by atoms with Crippen molar-refractivity contribution in [2.45, 2.75) is 297 Å². The number of esters is 3. The molecule has 6 heteroatoms. The Morgan fingerprint density at radius 3 is 0.797 bits per heavy atom. The molecule has 0 aromatic heterocycles. The summed E-state index contributed by atoms with van der Waals surface area (Å²) < 4.78 is 16.9. The number of unbranched alkanes of at least 4 members (excludes halogenated alkanes) is 25. The predicted molar refractivity (Wildman–Crippen MR) is 343 cm³/mol. The molecule has 0 aliphatic rings. The maximum Gasteiger partial charge on any atom is 0.306 e. The van der Waals surface area contributed by atoms with Gasteiger partial charge >= 0.3 is 17.9 Å². The zero-order valence-electron chi connectivity index (χ0n) is 51.3. The maximum atomic E-state index is 12.9. The highest BCUT2D eigenvalue weighted by Crippen LogP contribution is 2.15. The van der Waals surface area contributed by atoms with Crippen molar-refractivity contribution in [3.8, 4) is 0 Å². The minimum absolute atomic E-state index is 0.105. The summed E-state index contributed by atoms with van der Waals surface area (Å²) in [4.78, 5) is 38.3. The molecule has 0 radical (unpaired) electrons. The number of hydrogen-bond donors (Lipinski definition) is 0. The second kappa shape index (κ2) is 66.1. The second-order valence-corrected chi connectivity index (χ2v) is 21.3. The van der Waals surface area contributed by atoms with Gasteiger partial charge in [0.25, 0.3) is 0 Å². The van der Waals surface area contributed by atoms with Gasteiger partial charge in [-0.2, -0.15) is 0 Å². The van der Waals surface area contributed by atoms with Crippen LogP contribution in [0, 0.1) is 0 Å². The molecular formula is C73H120O6. The van der Waals surface area contributed by atoms with Gasteiger partial charge in [0.2, 0.25) is 0 Å². The molecule has 0 spiro atoms. The molecule has 0 aliphatic carbocycles. The Morgan fingerprint density at radius 1 is 0.266 bits per heavy atom. The van der Waals surface area contributed by atoms with E-state index in [1.54, 1.807) is 0 Å². The Bertz CT molecular complexity index is 1680. The standard InChI is InChI=1S/C73H120O6/c1-4-7-10-13-16-19-22-25-28-30-32-34-35-36-37-39-40-42-45-48-51-54-57-60-63-66-72(75)78-69-70(68-77-71(74)65-62-59-56-53-50-47-44-27-24-21-18-15-12-9-6-3)79-73(76)67-64-61-58-55-52-49-46-43-41-38-33-31-29-26-23-20-17-14-11-8-5-2/h8-9,11-12,17-18,20-22,25-27,29-30,32-33,38,43-44,46,52,55,70H,4-7,10,13-16,19,23-24,28,31,34-37,39-42,45,47-51,53-54,56-69H2,1-3H3/b11-8-,12-9-,20-17-,21-18-,25-22-,29-26-,32-30-,38-33-,44-27-,46-43-,55-52-. The fraction of sp³-hybridized carbons (Fsp3) is 0.658. The van der Waals surface area contributed by atoms with E-state index in [2.05, 4.69) is 154 Å². The van der Waals surface area contributed by atoms with Crippen molar-refractivity contribution in [2.75, 3.05) is 13.2 Å². The van der Waals surface area contributed by atoms with Gasteiger partial charge in [-0.25, -0.2) is 0 Å². The summed E-state index contributed by atoms with van der Waals surface area (Å²) in [5.41, 5.74) is 0. The van der Waals surface area contributed by atoms with Gasteiger partial charge in [-0.3, -0.25) is 14.4 Å². The van der Waals surface area contributed by atoms with Gasteiger partial charge in [-0.15, -0.1) is 0 Å². The number of rotatable bonds is 58. The highest BCUT2D eigenvalue weighted by Gasteiger charge is 2.19. The van der Waals surface area contributed by atoms with Gasteiger partial charge in [0.05, 0.1) is 0 Å². The minimum atomic E-state index is -0.815. The van der Waals surface area contributed by atoms with E-state index >= 15 is 0 Å². The molecule has 448 valence electrons. The Hall–Kier alpha value is -4.45. The van der Waals surface area contributed by atoms with Gasteiger partial charge < -0.3 is 14.2 Å². The third-order valence-electron chi connectivity index (χ3n) is 13.6. The van der Waals surface area contributed by atoms with Crippen LogP contribution in [0.1, 0.15) is 290 Å². The molecule has 0 aromatic rings. The predicted octanol–water partition coefficient (Wildman–Crippen LogP) is 22.5. The quantitative estimate of drug-likeness (QED) is 0.0261. The molecule has 1 unspecified atom stereocenters. The molecule has 0 aliphatic heterocycles. The molecule has 79 heavy (non-hydrogen) atoms. The van der Waals surface area contributed by atoms with E-state index in [9.17, 15) is 14.4 Å². The first-order chi connectivity index (χ1) is 39.0. The average Bonchev–Trinajstić information content (AvgIpc) is 3.45. The van der Waals surface area contributed by atoms with Crippen molar-refractivity contribution in [2.24, 2.45) is 0 Å². The molecule has 0 aromatic carbocycles. The molecule has 0 fully saturated rings. The normalized spacial score (nSPS) is 13.0. The van der Waals surface area contributed by atoms with Crippen molar-refractivity contribution in [3.63, 3.8) is 0 Å². The van der Waals surface area contributed by atoms with Crippen molar-refractivity contribution < 1.29 is 28.6 Å². The number of carbonyl (C=O) groups excluding carboxylic acids is 3. The van der Waals surface area contributed by atoms with Crippen LogP contribution in [-0.2, 0) is 28.6 Å². The molecule has 0 N–H and O–H groups in total. The summed E-state index contributed by atoms with van der Waals surface area (Å²) in [6.07, 6.45) is 93.2. The van der Waals surface area contributed by atoms with Gasteiger partial charge in [0, 0.05) is 19.3 Å². The fourth-order valence-electron chi connectivity index (χ4n) is 8.79. The lowest BCUT2D eigenvalue weighted by molar-refractivity contribution is -0.167. The summed E-state index contributed by atoms with van der Waals surface area (Å²) in [5, 5.41) is 0. The zero-order chi connectivity index (χ0) is 57.1. The van der Waals surface area contributed by atoms with E-state index in [0.717, 1.165) is 135 Å². The van der Waals surface area contributed by atoms with Crippen LogP contribution in [0.4, 0.5) is 0 Å². The van der Waals surface area contributed by atoms with Crippen LogP contribution in [0.25, 0.3) is 0 Å². The topological polar surface area (TPSA) is 78.9 Å². The second-order valence-electron chi connectivity index (χ2n) is 21.3. The van der Waals surface area contributed by atoms with Crippen LogP contribution in [-0.4, -0.2) is 37.2 Å². The summed E-state index contributed by atoms with van der Waals surface area (Å²) in [6.45, 7) is 6.37. The SMILES string of the molecule is CC/C=C\C/C=C\C/C=C\C/C=C\C/C=C\C/C=C\CCCCC(=O)OC(COC(=O)CCCCCCC/C=C\C/C=C\C/C=C\CC)COC(=O)CCCCCCCCCCCCCCC/C=C\C/C=C\CCCCCCC. The first kappa shape index (κ1) is 74.5. The van der Waals surface area contributed by atoms with Gasteiger partial charge in [-0.05, 0) is 135 Å². The Morgan fingerprint density at radius 2 is 0.494 bits per heavy atom. The van der Waals surface area contributed by atoms with Crippen LogP contribution >= 0.6 is 0 Å². The van der Waals surface area contributed by atoms with Crippen molar-refractivity contribution in [1.29, 1.82) is 0 Å². The molecule has 0 bridgehead atoms. The number of ether oxygens (including phenoxy) is 3. The lowest BCUT2D eigenvalue weighted by atomic mass is 10.0. The third-order valence-corrected chi connectivity index (χ3v) is 13.6. The fourth-order valence-corrected chi connectivity index (χ4v) is 8.79. The first-order valence-corrected chi connectivity index (χ1v) is 32.7. The first-order valence-electron chi connectivity index (χ1n) is 32.7. The lowest BCUT2D eigenvalue weighted by Gasteiger charge is -2.18. The minimum Gasteiger partial charge on any atom is -0.462 e. The molecular weight excluding hydrogens is 973 g/mol. The largest absolute Gasteiger partial charge is 0.462 e. The van der Waals surface area contributed by atoms with Gasteiger partial charge in [0.1, 0.15) is 13.2 Å². The van der Waals surface area contributed by atoms with Gasteiger partial charge in [0.15, 0.2) is 6.10 Å². The lowest BCUT2D eigenvalue weighted by Crippen LogP contribution is -2.30. The summed E-state index contributed by atoms with van der Waals surface area (Å²) >= 11 is 0. The van der Waals surface area contributed by atoms with E-state index < -0.39 is 6.10 Å². The van der Waals surface area contributed by atoms with Crippen LogP contribution < -0.4 is 0 Å². The number of hydrogen-bond acceptors (Lipinski definition) is 6. The number of allylic oxidation sites excluding steroid dienone is 22. The van der Waals surface area contributed by atoms with Crippen molar-refractivity contribution >= 4 is 17.9 Å². The van der Waals surface area contributed by atoms with E-state index in [4.69, 9.17) is 14.2 Å². The van der Waals surface area contributed by atoms with Crippen molar-refractivity contribution in [1.82, 2.24) is 0 Å². The van der Waals surface area contributed by atoms with Crippen LogP contribution in [0.5, 0.6) is 0 Å². The summed E-state index contributed by atoms with van der Waals surface area (Å²) in [6, 6.07) is 0. The highest BCUT2D eigenvalue weighted by molar-refractivity contribution is 5.71. The highest BCUT2D eigenvalue weighted by atomic mass is 16.6. The van der Waals surface area contributed by atoms with E-state index in [0.29, 0.717) is 19.3 Å². The third kappa shape index (κ3) is 64.3. The smallest absolute Gasteiger partial charge is 0.306 e. The zero-order valence-corrected chi connectivity index (χ0v) is 51.3. The Kier molecular flexibility index (Phi) is 62.3. The molecule has 0 rings (SSSR count). The Labute approximate surface area is 487 Å². The molecule has 0 saturated carbocycles. The van der Waals surface area contributed by atoms with E-state index in [1.807, 2.05) is 0 Å². The number of carbonyl (C=O) groups is 3. The summed E-state index contributed by atoms with van der Waals surface area (Å²) in [7, 11) is 0.